The van der Waals surface area contributed by atoms with Gasteiger partial charge in [-0.1, -0.05) is 79.9 Å². The van der Waals surface area contributed by atoms with Gasteiger partial charge in [-0.2, -0.15) is 0 Å². The third kappa shape index (κ3) is 6.75. The summed E-state index contributed by atoms with van der Waals surface area (Å²) in [6, 6.07) is 12.6. The third-order valence-corrected chi connectivity index (χ3v) is 5.64. The van der Waals surface area contributed by atoms with E-state index in [4.69, 9.17) is 23.2 Å². The fourth-order valence-corrected chi connectivity index (χ4v) is 3.72. The zero-order valence-electron chi connectivity index (χ0n) is 18.0. The summed E-state index contributed by atoms with van der Waals surface area (Å²) in [4.78, 5) is 27.9. The number of rotatable bonds is 9. The summed E-state index contributed by atoms with van der Waals surface area (Å²) >= 11 is 12.6. The molecule has 2 rings (SSSR count). The maximum Gasteiger partial charge on any atom is 0.242 e. The van der Waals surface area contributed by atoms with Crippen molar-refractivity contribution in [1.82, 2.24) is 10.2 Å². The highest BCUT2D eigenvalue weighted by atomic mass is 35.5. The molecule has 2 aromatic carbocycles. The quantitative estimate of drug-likeness (QED) is 0.556. The lowest BCUT2D eigenvalue weighted by Crippen LogP contribution is -2.50. The predicted molar refractivity (Wildman–Crippen MR) is 124 cm³/mol. The summed E-state index contributed by atoms with van der Waals surface area (Å²) in [5.74, 6) is 0.00340. The number of carbonyl (C=O) groups is 2. The van der Waals surface area contributed by atoms with Gasteiger partial charge in [0.25, 0.3) is 0 Å². The Morgan fingerprint density at radius 2 is 1.63 bits per heavy atom. The Labute approximate surface area is 189 Å². The van der Waals surface area contributed by atoms with Crippen molar-refractivity contribution in [2.75, 3.05) is 6.54 Å². The van der Waals surface area contributed by atoms with Crippen LogP contribution in [0.1, 0.15) is 43.9 Å². The van der Waals surface area contributed by atoms with E-state index in [9.17, 15) is 9.59 Å². The molecule has 0 fully saturated rings. The first kappa shape index (κ1) is 24.2. The fraction of sp³-hybridized carbons (Fsp3) is 0.417. The molecule has 0 saturated carbocycles. The number of aryl methyl sites for hydroxylation is 1. The van der Waals surface area contributed by atoms with E-state index in [1.54, 1.807) is 23.1 Å². The van der Waals surface area contributed by atoms with Gasteiger partial charge in [-0.3, -0.25) is 9.59 Å². The van der Waals surface area contributed by atoms with Crippen molar-refractivity contribution in [3.05, 3.63) is 69.2 Å². The number of nitrogens with one attached hydrogen (secondary N) is 1. The van der Waals surface area contributed by atoms with Crippen LogP contribution >= 0.6 is 23.2 Å². The first-order valence-corrected chi connectivity index (χ1v) is 11.0. The molecule has 0 aliphatic carbocycles. The minimum atomic E-state index is -0.571. The van der Waals surface area contributed by atoms with Gasteiger partial charge >= 0.3 is 0 Å². The third-order valence-electron chi connectivity index (χ3n) is 4.93. The van der Waals surface area contributed by atoms with Crippen LogP contribution in [-0.4, -0.2) is 29.3 Å². The summed E-state index contributed by atoms with van der Waals surface area (Å²) in [7, 11) is 0. The molecule has 162 valence electrons. The van der Waals surface area contributed by atoms with E-state index in [2.05, 4.69) is 5.32 Å². The van der Waals surface area contributed by atoms with Gasteiger partial charge in [-0.15, -0.1) is 0 Å². The molecular weight excluding hydrogens is 419 g/mol. The standard InChI is InChI=1S/C24H30Cl2N2O2/c1-5-22(24(30)27-14-16(2)3)28(15-18-11-9-17(4)10-12-18)23(29)13-19-20(25)7-6-8-21(19)26/h6-12,16,22H,5,13-15H2,1-4H3,(H,27,30)/t22-/m0/s1. The zero-order valence-corrected chi connectivity index (χ0v) is 19.6. The Bertz CT molecular complexity index is 846. The minimum Gasteiger partial charge on any atom is -0.354 e. The van der Waals surface area contributed by atoms with Crippen LogP contribution in [0.5, 0.6) is 0 Å². The first-order chi connectivity index (χ1) is 14.2. The molecule has 1 N–H and O–H groups in total. The van der Waals surface area contributed by atoms with E-state index in [1.807, 2.05) is 52.0 Å². The van der Waals surface area contributed by atoms with Crippen LogP contribution in [0.3, 0.4) is 0 Å². The number of amides is 2. The molecule has 0 radical (unpaired) electrons. The largest absolute Gasteiger partial charge is 0.354 e. The van der Waals surface area contributed by atoms with E-state index < -0.39 is 6.04 Å². The van der Waals surface area contributed by atoms with Gasteiger partial charge in [0.05, 0.1) is 6.42 Å². The molecule has 0 saturated heterocycles. The van der Waals surface area contributed by atoms with E-state index in [0.717, 1.165) is 11.1 Å². The van der Waals surface area contributed by atoms with Gasteiger partial charge in [0.15, 0.2) is 0 Å². The molecule has 0 spiro atoms. The Morgan fingerprint density at radius 3 is 2.17 bits per heavy atom. The van der Waals surface area contributed by atoms with E-state index >= 15 is 0 Å². The van der Waals surface area contributed by atoms with Crippen molar-refractivity contribution in [3.63, 3.8) is 0 Å². The molecule has 1 atom stereocenters. The molecule has 2 aromatic rings. The maximum atomic E-state index is 13.4. The predicted octanol–water partition coefficient (Wildman–Crippen LogP) is 5.42. The summed E-state index contributed by atoms with van der Waals surface area (Å²) in [6.45, 7) is 8.91. The topological polar surface area (TPSA) is 49.4 Å². The summed E-state index contributed by atoms with van der Waals surface area (Å²) < 4.78 is 0. The van der Waals surface area contributed by atoms with Gasteiger partial charge in [-0.05, 0) is 42.5 Å². The number of hydrogen-bond donors (Lipinski definition) is 1. The summed E-state index contributed by atoms with van der Waals surface area (Å²) in [5.41, 5.74) is 2.69. The van der Waals surface area contributed by atoms with Gasteiger partial charge in [0.2, 0.25) is 11.8 Å². The van der Waals surface area contributed by atoms with Crippen LogP contribution in [0.2, 0.25) is 10.0 Å². The van der Waals surface area contributed by atoms with Gasteiger partial charge in [0, 0.05) is 23.1 Å². The molecule has 2 amide bonds. The molecule has 0 aliphatic heterocycles. The number of hydrogen-bond acceptors (Lipinski definition) is 2. The van der Waals surface area contributed by atoms with E-state index in [1.165, 1.54) is 0 Å². The molecule has 6 heteroatoms. The molecule has 30 heavy (non-hydrogen) atoms. The Balaban J connectivity index is 2.32. The molecule has 0 aromatic heterocycles. The second-order valence-corrected chi connectivity index (χ2v) is 8.76. The van der Waals surface area contributed by atoms with Crippen LogP contribution in [-0.2, 0) is 22.6 Å². The number of nitrogens with zero attached hydrogens (tertiary/aromatic N) is 1. The lowest BCUT2D eigenvalue weighted by molar-refractivity contribution is -0.141. The maximum absolute atomic E-state index is 13.4. The van der Waals surface area contributed by atoms with Crippen LogP contribution < -0.4 is 5.32 Å². The molecule has 0 heterocycles. The van der Waals surface area contributed by atoms with Crippen molar-refractivity contribution in [2.24, 2.45) is 5.92 Å². The minimum absolute atomic E-state index is 0.0400. The van der Waals surface area contributed by atoms with Crippen molar-refractivity contribution in [3.8, 4) is 0 Å². The first-order valence-electron chi connectivity index (χ1n) is 10.3. The number of benzene rings is 2. The normalized spacial score (nSPS) is 12.0. The van der Waals surface area contributed by atoms with Crippen molar-refractivity contribution < 1.29 is 9.59 Å². The second-order valence-electron chi connectivity index (χ2n) is 7.95. The Hall–Kier alpha value is -2.04. The van der Waals surface area contributed by atoms with Crippen molar-refractivity contribution in [2.45, 2.75) is 53.1 Å². The second kappa shape index (κ2) is 11.4. The summed E-state index contributed by atoms with van der Waals surface area (Å²) in [6.07, 6.45) is 0.552. The highest BCUT2D eigenvalue weighted by molar-refractivity contribution is 6.36. The molecule has 0 unspecified atom stereocenters. The molecular formula is C24H30Cl2N2O2. The SMILES string of the molecule is CC[C@@H](C(=O)NCC(C)C)N(Cc1ccc(C)cc1)C(=O)Cc1c(Cl)cccc1Cl. The average Bonchev–Trinajstić information content (AvgIpc) is 2.70. The number of carbonyl (C=O) groups excluding carboxylic acids is 2. The van der Waals surface area contributed by atoms with Crippen LogP contribution in [0.25, 0.3) is 0 Å². The van der Waals surface area contributed by atoms with E-state index in [0.29, 0.717) is 41.0 Å². The molecule has 0 bridgehead atoms. The van der Waals surface area contributed by atoms with Gasteiger partial charge in [-0.25, -0.2) is 0 Å². The lowest BCUT2D eigenvalue weighted by Gasteiger charge is -2.31. The number of halogens is 2. The molecule has 0 aliphatic rings. The monoisotopic (exact) mass is 448 g/mol. The molecule has 4 nitrogen and oxygen atoms in total. The lowest BCUT2D eigenvalue weighted by atomic mass is 10.1. The van der Waals surface area contributed by atoms with Crippen LogP contribution in [0, 0.1) is 12.8 Å². The van der Waals surface area contributed by atoms with Crippen molar-refractivity contribution in [1.29, 1.82) is 0 Å². The fourth-order valence-electron chi connectivity index (χ4n) is 3.19. The van der Waals surface area contributed by atoms with Crippen LogP contribution in [0.4, 0.5) is 0 Å². The smallest absolute Gasteiger partial charge is 0.242 e. The Kier molecular flexibility index (Phi) is 9.19. The van der Waals surface area contributed by atoms with Gasteiger partial charge in [0.1, 0.15) is 6.04 Å². The summed E-state index contributed by atoms with van der Waals surface area (Å²) in [5, 5.41) is 3.86. The van der Waals surface area contributed by atoms with E-state index in [-0.39, 0.29) is 18.2 Å². The highest BCUT2D eigenvalue weighted by Gasteiger charge is 2.29. The van der Waals surface area contributed by atoms with Crippen LogP contribution in [0.15, 0.2) is 42.5 Å². The van der Waals surface area contributed by atoms with Crippen molar-refractivity contribution >= 4 is 35.0 Å². The highest BCUT2D eigenvalue weighted by Crippen LogP contribution is 2.26. The average molecular weight is 449 g/mol. The van der Waals surface area contributed by atoms with Gasteiger partial charge < -0.3 is 10.2 Å². The Morgan fingerprint density at radius 1 is 1.03 bits per heavy atom. The zero-order chi connectivity index (χ0) is 22.3.